The van der Waals surface area contributed by atoms with Crippen LogP contribution in [0.3, 0.4) is 0 Å². The first-order valence-corrected chi connectivity index (χ1v) is 11.0. The molecule has 13 nitrogen and oxygen atoms in total. The summed E-state index contributed by atoms with van der Waals surface area (Å²) in [6.45, 7) is -0.659. The number of esters is 1. The Hall–Kier alpha value is -4.85. The highest BCUT2D eigenvalue weighted by Crippen LogP contribution is 2.22. The molecule has 0 spiro atoms. The molecule has 2 amide bonds. The quantitative estimate of drug-likeness (QED) is 0.177. The average Bonchev–Trinajstić information content (AvgIpc) is 2.86. The number of amides is 2. The molecule has 0 radical (unpaired) electrons. The van der Waals surface area contributed by atoms with Crippen LogP contribution >= 0.6 is 11.8 Å². The number of carbonyl (C=O) groups is 3. The van der Waals surface area contributed by atoms with E-state index in [4.69, 9.17) is 4.74 Å². The number of aromatic nitrogens is 1. The van der Waals surface area contributed by atoms with Crippen LogP contribution in [0.15, 0.2) is 71.9 Å². The fourth-order valence-electron chi connectivity index (χ4n) is 2.79. The van der Waals surface area contributed by atoms with Gasteiger partial charge in [-0.3, -0.25) is 29.8 Å². The van der Waals surface area contributed by atoms with Gasteiger partial charge in [0.2, 0.25) is 5.91 Å². The maximum absolute atomic E-state index is 12.5. The number of ether oxygens (including phenoxy) is 1. The number of nitrogens with one attached hydrogen (secondary N) is 2. The van der Waals surface area contributed by atoms with Crippen LogP contribution in [0.25, 0.3) is 0 Å². The Morgan fingerprint density at radius 2 is 1.44 bits per heavy atom. The highest BCUT2D eigenvalue weighted by molar-refractivity contribution is 8.00. The Kier molecular flexibility index (Phi) is 8.61. The number of anilines is 2. The summed E-state index contributed by atoms with van der Waals surface area (Å²) in [6, 6.07) is 13.6. The minimum Gasteiger partial charge on any atom is -0.452 e. The van der Waals surface area contributed by atoms with Crippen molar-refractivity contribution < 1.29 is 29.0 Å². The second-order valence-corrected chi connectivity index (χ2v) is 7.90. The van der Waals surface area contributed by atoms with Gasteiger partial charge in [-0.05, 0) is 24.3 Å². The number of thioether (sulfide) groups is 1. The van der Waals surface area contributed by atoms with Gasteiger partial charge in [-0.1, -0.05) is 23.9 Å². The zero-order valence-electron chi connectivity index (χ0n) is 18.3. The van der Waals surface area contributed by atoms with E-state index >= 15 is 0 Å². The fourth-order valence-corrected chi connectivity index (χ4v) is 3.57. The van der Waals surface area contributed by atoms with Crippen LogP contribution in [0, 0.1) is 20.2 Å². The number of hydrogen-bond donors (Lipinski definition) is 2. The zero-order chi connectivity index (χ0) is 26.1. The number of carbonyl (C=O) groups excluding carboxylic acids is 3. The third-order valence-electron chi connectivity index (χ3n) is 4.35. The van der Waals surface area contributed by atoms with Crippen molar-refractivity contribution in [2.45, 2.75) is 5.03 Å². The molecule has 184 valence electrons. The van der Waals surface area contributed by atoms with E-state index in [1.165, 1.54) is 60.8 Å². The normalized spacial score (nSPS) is 10.2. The van der Waals surface area contributed by atoms with E-state index < -0.39 is 34.2 Å². The molecule has 0 unspecified atom stereocenters. The summed E-state index contributed by atoms with van der Waals surface area (Å²) in [4.78, 5) is 61.4. The molecule has 3 aromatic rings. The molecule has 1 aromatic heterocycles. The third kappa shape index (κ3) is 7.33. The lowest BCUT2D eigenvalue weighted by molar-refractivity contribution is -0.385. The monoisotopic (exact) mass is 511 g/mol. The lowest BCUT2D eigenvalue weighted by Crippen LogP contribution is -2.21. The topological polar surface area (TPSA) is 184 Å². The zero-order valence-corrected chi connectivity index (χ0v) is 19.1. The minimum atomic E-state index is -0.862. The Balaban J connectivity index is 1.55. The van der Waals surface area contributed by atoms with Gasteiger partial charge in [0, 0.05) is 41.8 Å². The van der Waals surface area contributed by atoms with E-state index in [0.29, 0.717) is 0 Å². The summed E-state index contributed by atoms with van der Waals surface area (Å²) in [5, 5.41) is 26.8. The highest BCUT2D eigenvalue weighted by Gasteiger charge is 2.18. The molecule has 0 bridgehead atoms. The van der Waals surface area contributed by atoms with Crippen LogP contribution in [0.4, 0.5) is 22.7 Å². The molecule has 0 aliphatic rings. The van der Waals surface area contributed by atoms with Crippen molar-refractivity contribution in [2.24, 2.45) is 0 Å². The van der Waals surface area contributed by atoms with Gasteiger partial charge in [-0.25, -0.2) is 9.78 Å². The molecular weight excluding hydrogens is 494 g/mol. The molecule has 0 saturated heterocycles. The molecule has 0 atom stereocenters. The van der Waals surface area contributed by atoms with Gasteiger partial charge in [0.25, 0.3) is 17.3 Å². The molecule has 1 heterocycles. The van der Waals surface area contributed by atoms with Crippen molar-refractivity contribution in [2.75, 3.05) is 23.0 Å². The number of benzene rings is 2. The maximum atomic E-state index is 12.5. The molecule has 36 heavy (non-hydrogen) atoms. The van der Waals surface area contributed by atoms with E-state index in [1.807, 2.05) is 0 Å². The largest absolute Gasteiger partial charge is 0.452 e. The van der Waals surface area contributed by atoms with Crippen molar-refractivity contribution in [1.82, 2.24) is 4.98 Å². The number of nitro benzene ring substituents is 2. The minimum absolute atomic E-state index is 0.0220. The van der Waals surface area contributed by atoms with Gasteiger partial charge in [-0.15, -0.1) is 0 Å². The molecule has 0 aliphatic carbocycles. The van der Waals surface area contributed by atoms with E-state index in [-0.39, 0.29) is 39.1 Å². The molecule has 14 heteroatoms. The molecule has 0 aliphatic heterocycles. The molecule has 2 aromatic carbocycles. The first-order chi connectivity index (χ1) is 17.2. The molecule has 2 N–H and O–H groups in total. The standard InChI is InChI=1S/C22H17N5O8S/c28-19(24-14-4-1-6-16(10-14)26(31)32)12-35-22(30)18-8-3-9-23-21(18)36-13-20(29)25-15-5-2-7-17(11-15)27(33)34/h1-11H,12-13H2,(H,24,28)(H,25,29). The smallest absolute Gasteiger partial charge is 0.341 e. The molecule has 3 rings (SSSR count). The molecular formula is C22H17N5O8S. The van der Waals surface area contributed by atoms with Crippen molar-refractivity contribution in [3.05, 3.63) is 92.7 Å². The number of non-ortho nitro benzene ring substituents is 2. The van der Waals surface area contributed by atoms with Crippen LogP contribution in [-0.4, -0.2) is 45.0 Å². The summed E-state index contributed by atoms with van der Waals surface area (Å²) < 4.78 is 5.02. The first kappa shape index (κ1) is 25.8. The predicted molar refractivity (Wildman–Crippen MR) is 129 cm³/mol. The van der Waals surface area contributed by atoms with E-state index in [1.54, 1.807) is 0 Å². The van der Waals surface area contributed by atoms with Gasteiger partial charge in [0.05, 0.1) is 21.2 Å². The summed E-state index contributed by atoms with van der Waals surface area (Å²) in [5.41, 5.74) is 0.0396. The summed E-state index contributed by atoms with van der Waals surface area (Å²) in [5.74, 6) is -2.22. The van der Waals surface area contributed by atoms with E-state index in [2.05, 4.69) is 15.6 Å². The Morgan fingerprint density at radius 1 is 0.861 bits per heavy atom. The average molecular weight is 511 g/mol. The van der Waals surface area contributed by atoms with Crippen molar-refractivity contribution >= 4 is 52.3 Å². The van der Waals surface area contributed by atoms with Crippen molar-refractivity contribution in [1.29, 1.82) is 0 Å². The Bertz CT molecular complexity index is 1330. The second-order valence-electron chi connectivity index (χ2n) is 6.93. The maximum Gasteiger partial charge on any atom is 0.341 e. The van der Waals surface area contributed by atoms with Crippen LogP contribution in [0.1, 0.15) is 10.4 Å². The van der Waals surface area contributed by atoms with Gasteiger partial charge >= 0.3 is 5.97 Å². The van der Waals surface area contributed by atoms with E-state index in [0.717, 1.165) is 17.8 Å². The summed E-state index contributed by atoms with van der Waals surface area (Å²) in [7, 11) is 0. The van der Waals surface area contributed by atoms with Gasteiger partial charge < -0.3 is 15.4 Å². The predicted octanol–water partition coefficient (Wildman–Crippen LogP) is 3.42. The van der Waals surface area contributed by atoms with Crippen LogP contribution in [0.5, 0.6) is 0 Å². The van der Waals surface area contributed by atoms with Gasteiger partial charge in [0.15, 0.2) is 6.61 Å². The number of rotatable bonds is 10. The lowest BCUT2D eigenvalue weighted by Gasteiger charge is -2.09. The van der Waals surface area contributed by atoms with Crippen molar-refractivity contribution in [3.8, 4) is 0 Å². The van der Waals surface area contributed by atoms with Crippen LogP contribution < -0.4 is 10.6 Å². The Morgan fingerprint density at radius 3 is 2.03 bits per heavy atom. The summed E-state index contributed by atoms with van der Waals surface area (Å²) >= 11 is 0.932. The third-order valence-corrected chi connectivity index (χ3v) is 5.35. The number of hydrogen-bond acceptors (Lipinski definition) is 10. The molecule has 0 fully saturated rings. The number of pyridine rings is 1. The number of nitrogens with zero attached hydrogens (tertiary/aromatic N) is 3. The lowest BCUT2D eigenvalue weighted by atomic mass is 10.3. The molecule has 0 saturated carbocycles. The first-order valence-electron chi connectivity index (χ1n) is 10.1. The SMILES string of the molecule is O=C(COC(=O)c1cccnc1SCC(=O)Nc1cccc([N+](=O)[O-])c1)Nc1cccc([N+](=O)[O-])c1. The van der Waals surface area contributed by atoms with Crippen LogP contribution in [0.2, 0.25) is 0 Å². The Labute approximate surface area is 207 Å². The van der Waals surface area contributed by atoms with Crippen molar-refractivity contribution in [3.63, 3.8) is 0 Å². The van der Waals surface area contributed by atoms with Gasteiger partial charge in [-0.2, -0.15) is 0 Å². The summed E-state index contributed by atoms with van der Waals surface area (Å²) in [6.07, 6.45) is 1.41. The second kappa shape index (κ2) is 12.0. The number of nitro groups is 2. The van der Waals surface area contributed by atoms with Gasteiger partial charge in [0.1, 0.15) is 5.03 Å². The highest BCUT2D eigenvalue weighted by atomic mass is 32.2. The fraction of sp³-hybridized carbons (Fsp3) is 0.0909. The van der Waals surface area contributed by atoms with Crippen LogP contribution in [-0.2, 0) is 14.3 Å². The van der Waals surface area contributed by atoms with E-state index in [9.17, 15) is 34.6 Å².